The Morgan fingerprint density at radius 2 is 2.18 bits per heavy atom. The lowest BCUT2D eigenvalue weighted by molar-refractivity contribution is 0.0416. The Hall–Kier alpha value is -1.99. The molecule has 3 rings (SSSR count). The topological polar surface area (TPSA) is 60.8 Å². The second kappa shape index (κ2) is 6.02. The van der Waals surface area contributed by atoms with Crippen LogP contribution in [-0.2, 0) is 0 Å². The summed E-state index contributed by atoms with van der Waals surface area (Å²) in [4.78, 5) is 13.1. The van der Waals surface area contributed by atoms with Gasteiger partial charge in [-0.25, -0.2) is 4.79 Å². The van der Waals surface area contributed by atoms with Gasteiger partial charge in [0.2, 0.25) is 0 Å². The number of aliphatic hydroxyl groups excluding tert-OH is 1. The molecule has 4 nitrogen and oxygen atoms in total. The monoisotopic (exact) mass is 299 g/mol. The highest BCUT2D eigenvalue weighted by Gasteiger charge is 2.47. The van der Waals surface area contributed by atoms with E-state index in [-0.39, 0.29) is 18.0 Å². The Labute approximate surface area is 130 Å². The number of aliphatic hydroxyl groups is 1. The summed E-state index contributed by atoms with van der Waals surface area (Å²) in [6.45, 7) is 2.01. The maximum atomic E-state index is 11.6. The molecule has 1 saturated carbocycles. The Morgan fingerprint density at radius 3 is 2.91 bits per heavy atom. The minimum absolute atomic E-state index is 0.0293. The fourth-order valence-electron chi connectivity index (χ4n) is 3.78. The molecule has 2 aliphatic rings. The number of nitrogens with zero attached hydrogens (tertiary/aromatic N) is 1. The summed E-state index contributed by atoms with van der Waals surface area (Å²) in [6.07, 6.45) is 1.79. The van der Waals surface area contributed by atoms with Gasteiger partial charge in [-0.1, -0.05) is 24.0 Å². The van der Waals surface area contributed by atoms with Crippen molar-refractivity contribution in [3.63, 3.8) is 0 Å². The molecule has 22 heavy (non-hydrogen) atoms. The summed E-state index contributed by atoms with van der Waals surface area (Å²) in [5.74, 6) is 6.25. The van der Waals surface area contributed by atoms with Crippen LogP contribution in [0.4, 0.5) is 4.79 Å². The van der Waals surface area contributed by atoms with E-state index in [0.29, 0.717) is 6.42 Å². The first-order valence-electron chi connectivity index (χ1n) is 7.84. The molecule has 1 aromatic carbocycles. The van der Waals surface area contributed by atoms with Crippen molar-refractivity contribution >= 4 is 6.09 Å². The number of fused-ring (bicyclic) bond motifs is 1. The normalized spacial score (nSPS) is 30.4. The van der Waals surface area contributed by atoms with Crippen LogP contribution in [0.5, 0.6) is 0 Å². The van der Waals surface area contributed by atoms with E-state index < -0.39 is 12.2 Å². The molecule has 1 aliphatic heterocycles. The molecule has 116 valence electrons. The molecule has 0 aromatic heterocycles. The lowest BCUT2D eigenvalue weighted by Crippen LogP contribution is -2.44. The van der Waals surface area contributed by atoms with Crippen LogP contribution in [-0.4, -0.2) is 39.4 Å². The third-order valence-corrected chi connectivity index (χ3v) is 4.80. The van der Waals surface area contributed by atoms with Gasteiger partial charge in [-0.3, -0.25) is 4.90 Å². The van der Waals surface area contributed by atoms with E-state index >= 15 is 0 Å². The molecule has 1 saturated heterocycles. The summed E-state index contributed by atoms with van der Waals surface area (Å²) in [5.41, 5.74) is 2.04. The predicted molar refractivity (Wildman–Crippen MR) is 83.5 cm³/mol. The van der Waals surface area contributed by atoms with Crippen LogP contribution in [0.2, 0.25) is 0 Å². The largest absolute Gasteiger partial charge is 0.465 e. The smallest absolute Gasteiger partial charge is 0.408 e. The van der Waals surface area contributed by atoms with Crippen molar-refractivity contribution in [2.75, 3.05) is 0 Å². The molecule has 1 unspecified atom stereocenters. The Morgan fingerprint density at radius 1 is 1.36 bits per heavy atom. The summed E-state index contributed by atoms with van der Waals surface area (Å²) >= 11 is 0. The standard InChI is InChI=1S/C18H21NO3/c1-12-4-2-5-13(10-12)8-9-14-11-15-16(19(14)18(21)22)6-3-7-17(15)20/h2,4-5,10,14-17,20H,3,6-7,11H2,1H3,(H,21,22)/t14?,15-,16-,17+/m0/s1. The number of likely N-dealkylation sites (tertiary alicyclic amines) is 1. The van der Waals surface area contributed by atoms with Gasteiger partial charge in [0.1, 0.15) is 0 Å². The lowest BCUT2D eigenvalue weighted by atomic mass is 9.82. The van der Waals surface area contributed by atoms with Crippen molar-refractivity contribution in [2.45, 2.75) is 50.8 Å². The molecule has 0 radical (unpaired) electrons. The molecule has 4 atom stereocenters. The fraction of sp³-hybridized carbons (Fsp3) is 0.500. The first-order chi connectivity index (χ1) is 10.6. The third-order valence-electron chi connectivity index (χ3n) is 4.80. The minimum Gasteiger partial charge on any atom is -0.465 e. The summed E-state index contributed by atoms with van der Waals surface area (Å²) < 4.78 is 0. The Balaban J connectivity index is 1.85. The summed E-state index contributed by atoms with van der Waals surface area (Å²) in [5, 5.41) is 19.7. The van der Waals surface area contributed by atoms with Crippen LogP contribution in [0.25, 0.3) is 0 Å². The van der Waals surface area contributed by atoms with E-state index in [1.54, 1.807) is 0 Å². The molecule has 1 heterocycles. The number of carboxylic acid groups (broad SMARTS) is 1. The number of carbonyl (C=O) groups is 1. The third kappa shape index (κ3) is 2.82. The lowest BCUT2D eigenvalue weighted by Gasteiger charge is -2.33. The molecule has 4 heteroatoms. The number of hydrogen-bond acceptors (Lipinski definition) is 2. The van der Waals surface area contributed by atoms with E-state index in [1.165, 1.54) is 4.90 Å². The molecule has 2 N–H and O–H groups in total. The zero-order valence-electron chi connectivity index (χ0n) is 12.7. The van der Waals surface area contributed by atoms with Gasteiger partial charge < -0.3 is 10.2 Å². The number of benzene rings is 1. The van der Waals surface area contributed by atoms with Crippen molar-refractivity contribution in [3.05, 3.63) is 35.4 Å². The van der Waals surface area contributed by atoms with Crippen molar-refractivity contribution in [2.24, 2.45) is 5.92 Å². The van der Waals surface area contributed by atoms with Crippen LogP contribution in [0.1, 0.15) is 36.8 Å². The summed E-state index contributed by atoms with van der Waals surface area (Å²) in [7, 11) is 0. The van der Waals surface area contributed by atoms with Gasteiger partial charge in [0.05, 0.1) is 12.1 Å². The highest BCUT2D eigenvalue weighted by molar-refractivity contribution is 5.67. The van der Waals surface area contributed by atoms with E-state index in [9.17, 15) is 15.0 Å². The first-order valence-corrected chi connectivity index (χ1v) is 7.84. The summed E-state index contributed by atoms with van der Waals surface area (Å²) in [6, 6.07) is 7.48. The predicted octanol–water partition coefficient (Wildman–Crippen LogP) is 2.63. The van der Waals surface area contributed by atoms with Gasteiger partial charge in [0.25, 0.3) is 0 Å². The highest BCUT2D eigenvalue weighted by atomic mass is 16.4. The molecule has 0 bridgehead atoms. The maximum Gasteiger partial charge on any atom is 0.408 e. The Kier molecular flexibility index (Phi) is 4.08. The van der Waals surface area contributed by atoms with Crippen molar-refractivity contribution in [3.8, 4) is 11.8 Å². The van der Waals surface area contributed by atoms with Crippen molar-refractivity contribution in [1.82, 2.24) is 4.90 Å². The van der Waals surface area contributed by atoms with E-state index in [1.807, 2.05) is 31.2 Å². The van der Waals surface area contributed by atoms with Gasteiger partial charge in [0, 0.05) is 17.5 Å². The van der Waals surface area contributed by atoms with Crippen LogP contribution < -0.4 is 0 Å². The van der Waals surface area contributed by atoms with Crippen LogP contribution in [0.15, 0.2) is 24.3 Å². The molecule has 0 spiro atoms. The van der Waals surface area contributed by atoms with Gasteiger partial charge in [-0.15, -0.1) is 0 Å². The van der Waals surface area contributed by atoms with Crippen LogP contribution in [0.3, 0.4) is 0 Å². The number of amides is 1. The number of rotatable bonds is 0. The van der Waals surface area contributed by atoms with Gasteiger partial charge in [0.15, 0.2) is 0 Å². The van der Waals surface area contributed by atoms with E-state index in [0.717, 1.165) is 30.4 Å². The van der Waals surface area contributed by atoms with E-state index in [4.69, 9.17) is 0 Å². The van der Waals surface area contributed by atoms with Gasteiger partial charge in [-0.2, -0.15) is 0 Å². The average Bonchev–Trinajstić information content (AvgIpc) is 2.85. The van der Waals surface area contributed by atoms with Crippen LogP contribution in [0, 0.1) is 24.7 Å². The molecular weight excluding hydrogens is 278 g/mol. The van der Waals surface area contributed by atoms with Crippen molar-refractivity contribution < 1.29 is 15.0 Å². The van der Waals surface area contributed by atoms with E-state index in [2.05, 4.69) is 11.8 Å². The van der Waals surface area contributed by atoms with Crippen LogP contribution >= 0.6 is 0 Å². The fourth-order valence-corrected chi connectivity index (χ4v) is 3.78. The SMILES string of the molecule is Cc1cccc(C#CC2C[C@@H]3[C@H](O)CCC[C@@H]3N2C(=O)O)c1. The number of aryl methyl sites for hydroxylation is 1. The molecule has 1 aromatic rings. The second-order valence-electron chi connectivity index (χ2n) is 6.31. The minimum atomic E-state index is -0.926. The molecule has 1 amide bonds. The second-order valence-corrected chi connectivity index (χ2v) is 6.31. The average molecular weight is 299 g/mol. The zero-order chi connectivity index (χ0) is 15.7. The quantitative estimate of drug-likeness (QED) is 0.724. The maximum absolute atomic E-state index is 11.6. The zero-order valence-corrected chi connectivity index (χ0v) is 12.7. The highest BCUT2D eigenvalue weighted by Crippen LogP contribution is 2.39. The Bertz CT molecular complexity index is 631. The van der Waals surface area contributed by atoms with Crippen molar-refractivity contribution in [1.29, 1.82) is 0 Å². The van der Waals surface area contributed by atoms with Gasteiger partial charge >= 0.3 is 6.09 Å². The molecular formula is C18H21NO3. The first kappa shape index (κ1) is 14.9. The molecule has 1 aliphatic carbocycles. The number of hydrogen-bond donors (Lipinski definition) is 2. The molecule has 2 fully saturated rings. The van der Waals surface area contributed by atoms with Gasteiger partial charge in [-0.05, 0) is 50.3 Å².